The van der Waals surface area contributed by atoms with Gasteiger partial charge in [-0.3, -0.25) is 4.98 Å². The number of aliphatic hydroxyl groups is 1. The first kappa shape index (κ1) is 23.7. The average Bonchev–Trinajstić information content (AvgIpc) is 2.78. The fraction of sp³-hybridized carbons (Fsp3) is 0.400. The summed E-state index contributed by atoms with van der Waals surface area (Å²) < 4.78 is 0. The fourth-order valence-corrected chi connectivity index (χ4v) is 4.24. The quantitative estimate of drug-likeness (QED) is 0.189. The Balaban J connectivity index is 1.24. The topological polar surface area (TPSA) is 58.9 Å². The van der Waals surface area contributed by atoms with E-state index in [2.05, 4.69) is 21.0 Å². The van der Waals surface area contributed by atoms with Crippen LogP contribution in [0.4, 0.5) is 0 Å². The number of nitrogens with zero attached hydrogens (tertiary/aromatic N) is 3. The molecule has 4 nitrogen and oxygen atoms in total. The van der Waals surface area contributed by atoms with Crippen molar-refractivity contribution in [2.45, 2.75) is 63.1 Å². The lowest BCUT2D eigenvalue weighted by molar-refractivity contribution is 0.163. The van der Waals surface area contributed by atoms with E-state index < -0.39 is 6.10 Å². The molecule has 3 rings (SSSR count). The summed E-state index contributed by atoms with van der Waals surface area (Å²) in [6, 6.07) is 11.6. The maximum atomic E-state index is 10.2. The molecular weight excluding hydrogens is 426 g/mol. The van der Waals surface area contributed by atoms with Gasteiger partial charge in [-0.25, -0.2) is 9.97 Å². The molecule has 1 N–H and O–H groups in total. The van der Waals surface area contributed by atoms with E-state index in [1.165, 1.54) is 18.4 Å². The summed E-state index contributed by atoms with van der Waals surface area (Å²) in [5.41, 5.74) is 4.26. The van der Waals surface area contributed by atoms with Crippen LogP contribution in [-0.2, 0) is 6.42 Å². The highest BCUT2D eigenvalue weighted by molar-refractivity contribution is 7.99. The van der Waals surface area contributed by atoms with Gasteiger partial charge in [0.05, 0.1) is 6.10 Å². The molecule has 1 atom stereocenters. The Labute approximate surface area is 194 Å². The zero-order valence-electron chi connectivity index (χ0n) is 18.0. The zero-order valence-corrected chi connectivity index (χ0v) is 19.6. The van der Waals surface area contributed by atoms with Gasteiger partial charge >= 0.3 is 0 Å². The molecule has 0 aliphatic rings. The molecule has 1 aromatic carbocycles. The van der Waals surface area contributed by atoms with Crippen LogP contribution in [0.1, 0.15) is 67.0 Å². The zero-order chi connectivity index (χ0) is 21.9. The van der Waals surface area contributed by atoms with Crippen molar-refractivity contribution in [1.29, 1.82) is 0 Å². The molecule has 3 aromatic rings. The minimum atomic E-state index is -0.393. The van der Waals surface area contributed by atoms with Crippen molar-refractivity contribution < 1.29 is 5.11 Å². The third-order valence-corrected chi connectivity index (χ3v) is 6.38. The second-order valence-corrected chi connectivity index (χ2v) is 9.33. The van der Waals surface area contributed by atoms with Crippen LogP contribution >= 0.6 is 23.4 Å². The number of rotatable bonds is 12. The molecular formula is C25H30ClN3OS. The van der Waals surface area contributed by atoms with Crippen LogP contribution < -0.4 is 0 Å². The fourth-order valence-electron chi connectivity index (χ4n) is 3.33. The van der Waals surface area contributed by atoms with Crippen LogP contribution in [0.2, 0.25) is 5.02 Å². The minimum absolute atomic E-state index is 0.393. The summed E-state index contributed by atoms with van der Waals surface area (Å²) in [5, 5.41) is 11.8. The molecule has 0 spiro atoms. The molecule has 0 saturated heterocycles. The molecule has 2 aromatic heterocycles. The molecule has 0 saturated carbocycles. The molecule has 0 fully saturated rings. The SMILES string of the molecule is Cc1ccc(Cc2cnc(SCCCCCCCC(O)c3ccc(Cl)cc3)nc2)cn1. The Morgan fingerprint density at radius 2 is 1.52 bits per heavy atom. The van der Waals surface area contributed by atoms with Crippen LogP contribution in [0.5, 0.6) is 0 Å². The Hall–Kier alpha value is -1.95. The number of thioether (sulfide) groups is 1. The summed E-state index contributed by atoms with van der Waals surface area (Å²) in [4.78, 5) is 13.3. The van der Waals surface area contributed by atoms with Gasteiger partial charge < -0.3 is 5.11 Å². The minimum Gasteiger partial charge on any atom is -0.388 e. The lowest BCUT2D eigenvalue weighted by Crippen LogP contribution is -1.97. The third-order valence-electron chi connectivity index (χ3n) is 5.17. The summed E-state index contributed by atoms with van der Waals surface area (Å²) in [6.07, 6.45) is 12.7. The first-order valence-corrected chi connectivity index (χ1v) is 12.3. The molecule has 0 amide bonds. The standard InChI is InChI=1S/C25H30ClN3OS/c1-19-8-9-20(16-27-19)15-21-17-28-25(29-18-21)31-14-6-4-2-3-5-7-24(30)22-10-12-23(26)13-11-22/h8-13,16-18,24,30H,2-7,14-15H2,1H3. The number of aliphatic hydroxyl groups excluding tert-OH is 1. The van der Waals surface area contributed by atoms with E-state index in [4.69, 9.17) is 11.6 Å². The monoisotopic (exact) mass is 455 g/mol. The van der Waals surface area contributed by atoms with Crippen LogP contribution in [0.15, 0.2) is 60.1 Å². The van der Waals surface area contributed by atoms with Gasteiger partial charge in [-0.05, 0) is 54.7 Å². The summed E-state index contributed by atoms with van der Waals surface area (Å²) in [6.45, 7) is 1.99. The normalized spacial score (nSPS) is 12.1. The van der Waals surface area contributed by atoms with Crippen molar-refractivity contribution in [2.75, 3.05) is 5.75 Å². The number of hydrogen-bond acceptors (Lipinski definition) is 5. The van der Waals surface area contributed by atoms with Gasteiger partial charge in [-0.15, -0.1) is 0 Å². The van der Waals surface area contributed by atoms with Crippen LogP contribution in [0, 0.1) is 6.92 Å². The van der Waals surface area contributed by atoms with Crippen molar-refractivity contribution in [3.63, 3.8) is 0 Å². The molecule has 31 heavy (non-hydrogen) atoms. The molecule has 0 radical (unpaired) electrons. The van der Waals surface area contributed by atoms with E-state index in [0.29, 0.717) is 5.02 Å². The van der Waals surface area contributed by atoms with Crippen molar-refractivity contribution in [3.8, 4) is 0 Å². The predicted octanol–water partition coefficient (Wildman–Crippen LogP) is 6.59. The van der Waals surface area contributed by atoms with Crippen LogP contribution in [0.25, 0.3) is 0 Å². The van der Waals surface area contributed by atoms with E-state index in [-0.39, 0.29) is 0 Å². The number of aryl methyl sites for hydroxylation is 1. The van der Waals surface area contributed by atoms with Crippen LogP contribution in [0.3, 0.4) is 0 Å². The first-order valence-electron chi connectivity index (χ1n) is 10.9. The maximum absolute atomic E-state index is 10.2. The number of hydrogen-bond donors (Lipinski definition) is 1. The van der Waals surface area contributed by atoms with E-state index >= 15 is 0 Å². The van der Waals surface area contributed by atoms with Gasteiger partial charge in [-0.2, -0.15) is 0 Å². The molecule has 0 aliphatic carbocycles. The highest BCUT2D eigenvalue weighted by atomic mass is 35.5. The summed E-state index contributed by atoms with van der Waals surface area (Å²) in [5.74, 6) is 1.04. The Kier molecular flexibility index (Phi) is 9.79. The number of unbranched alkanes of at least 4 members (excludes halogenated alkanes) is 4. The number of pyridine rings is 1. The van der Waals surface area contributed by atoms with E-state index in [1.54, 1.807) is 11.8 Å². The second kappa shape index (κ2) is 12.8. The highest BCUT2D eigenvalue weighted by Gasteiger charge is 2.07. The molecule has 0 aliphatic heterocycles. The number of benzene rings is 1. The van der Waals surface area contributed by atoms with E-state index in [1.807, 2.05) is 55.8 Å². The van der Waals surface area contributed by atoms with Gasteiger partial charge in [0.15, 0.2) is 5.16 Å². The van der Waals surface area contributed by atoms with Gasteiger partial charge in [0.25, 0.3) is 0 Å². The summed E-state index contributed by atoms with van der Waals surface area (Å²) in [7, 11) is 0. The molecule has 0 bridgehead atoms. The molecule has 2 heterocycles. The Morgan fingerprint density at radius 3 is 2.23 bits per heavy atom. The van der Waals surface area contributed by atoms with Gasteiger partial charge in [0.1, 0.15) is 0 Å². The lowest BCUT2D eigenvalue weighted by Gasteiger charge is -2.10. The maximum Gasteiger partial charge on any atom is 0.187 e. The number of halogens is 1. The van der Waals surface area contributed by atoms with Crippen molar-refractivity contribution in [1.82, 2.24) is 15.0 Å². The van der Waals surface area contributed by atoms with E-state index in [9.17, 15) is 5.11 Å². The smallest absolute Gasteiger partial charge is 0.187 e. The summed E-state index contributed by atoms with van der Waals surface area (Å²) >= 11 is 7.61. The van der Waals surface area contributed by atoms with Crippen molar-refractivity contribution in [3.05, 3.63) is 82.4 Å². The van der Waals surface area contributed by atoms with Gasteiger partial charge in [0, 0.05) is 41.5 Å². The lowest BCUT2D eigenvalue weighted by atomic mass is 10.0. The Bertz CT molecular complexity index is 902. The highest BCUT2D eigenvalue weighted by Crippen LogP contribution is 2.22. The largest absolute Gasteiger partial charge is 0.388 e. The third kappa shape index (κ3) is 8.60. The predicted molar refractivity (Wildman–Crippen MR) is 129 cm³/mol. The number of aromatic nitrogens is 3. The van der Waals surface area contributed by atoms with Crippen molar-refractivity contribution in [2.24, 2.45) is 0 Å². The van der Waals surface area contributed by atoms with Crippen LogP contribution in [-0.4, -0.2) is 25.8 Å². The molecule has 1 unspecified atom stereocenters. The molecule has 6 heteroatoms. The van der Waals surface area contributed by atoms with Gasteiger partial charge in [0.2, 0.25) is 0 Å². The van der Waals surface area contributed by atoms with E-state index in [0.717, 1.165) is 59.8 Å². The second-order valence-electron chi connectivity index (χ2n) is 7.83. The van der Waals surface area contributed by atoms with Gasteiger partial charge in [-0.1, -0.05) is 67.2 Å². The molecule has 164 valence electrons. The average molecular weight is 456 g/mol. The Morgan fingerprint density at radius 1 is 0.839 bits per heavy atom. The first-order chi connectivity index (χ1) is 15.1. The van der Waals surface area contributed by atoms with Crippen molar-refractivity contribution >= 4 is 23.4 Å².